The molecule has 1 aromatic heterocycles. The molecule has 0 N–H and O–H groups in total. The number of hydrogen-bond donors (Lipinski definition) is 0. The Morgan fingerprint density at radius 1 is 1.08 bits per heavy atom. The molecule has 2 rings (SSSR count). The third kappa shape index (κ3) is 6.04. The quantitative estimate of drug-likeness (QED) is 0.390. The molecule has 0 radical (unpaired) electrons. The molecule has 0 bridgehead atoms. The third-order valence-electron chi connectivity index (χ3n) is 4.07. The highest BCUT2D eigenvalue weighted by molar-refractivity contribution is 6.31. The summed E-state index contributed by atoms with van der Waals surface area (Å²) in [7, 11) is 0. The number of halogens is 2. The van der Waals surface area contributed by atoms with Gasteiger partial charge >= 0.3 is 5.97 Å². The fourth-order valence-electron chi connectivity index (χ4n) is 2.77. The van der Waals surface area contributed by atoms with E-state index in [1.54, 1.807) is 19.1 Å². The van der Waals surface area contributed by atoms with Crippen molar-refractivity contribution in [2.24, 2.45) is 0 Å². The molecule has 0 spiro atoms. The minimum absolute atomic E-state index is 0.311. The average molecular weight is 398 g/mol. The Balaban J connectivity index is 1.90. The largest absolute Gasteiger partial charge is 0.462 e. The molecule has 26 heavy (non-hydrogen) atoms. The lowest BCUT2D eigenvalue weighted by Crippen LogP contribution is -2.06. The smallest absolute Gasteiger partial charge is 0.338 e. The van der Waals surface area contributed by atoms with Gasteiger partial charge in [-0.05, 0) is 69.4 Å². The van der Waals surface area contributed by atoms with Gasteiger partial charge in [-0.2, -0.15) is 0 Å². The van der Waals surface area contributed by atoms with Crippen molar-refractivity contribution >= 4 is 29.2 Å². The Morgan fingerprint density at radius 3 is 2.58 bits per heavy atom. The highest BCUT2D eigenvalue weighted by atomic mass is 35.5. The van der Waals surface area contributed by atoms with Gasteiger partial charge in [-0.25, -0.2) is 4.79 Å². The van der Waals surface area contributed by atoms with Crippen molar-refractivity contribution < 1.29 is 14.3 Å². The number of ether oxygens (including phenoxy) is 2. The number of aryl methyl sites for hydroxylation is 2. The first-order valence-corrected chi connectivity index (χ1v) is 9.68. The maximum atomic E-state index is 11.9. The van der Waals surface area contributed by atoms with Crippen molar-refractivity contribution in [3.05, 3.63) is 57.3 Å². The van der Waals surface area contributed by atoms with Crippen molar-refractivity contribution in [3.63, 3.8) is 0 Å². The summed E-state index contributed by atoms with van der Waals surface area (Å²) in [4.78, 5) is 11.9. The number of hydrogen-bond acceptors (Lipinski definition) is 3. The zero-order chi connectivity index (χ0) is 18.9. The molecule has 1 heterocycles. The molecule has 1 aromatic carbocycles. The van der Waals surface area contributed by atoms with Crippen LogP contribution in [0.5, 0.6) is 0 Å². The van der Waals surface area contributed by atoms with E-state index in [4.69, 9.17) is 32.7 Å². The van der Waals surface area contributed by atoms with Gasteiger partial charge in [-0.15, -0.1) is 0 Å². The Morgan fingerprint density at radius 2 is 1.85 bits per heavy atom. The molecule has 0 atom stereocenters. The number of esters is 1. The lowest BCUT2D eigenvalue weighted by molar-refractivity contribution is 0.0526. The average Bonchev–Trinajstić information content (AvgIpc) is 2.98. The summed E-state index contributed by atoms with van der Waals surface area (Å²) in [6, 6.07) is 7.27. The van der Waals surface area contributed by atoms with Gasteiger partial charge in [0.15, 0.2) is 0 Å². The van der Waals surface area contributed by atoms with Crippen LogP contribution >= 0.6 is 23.2 Å². The van der Waals surface area contributed by atoms with Crippen LogP contribution in [0.3, 0.4) is 0 Å². The highest BCUT2D eigenvalue weighted by Crippen LogP contribution is 2.22. The van der Waals surface area contributed by atoms with E-state index >= 15 is 0 Å². The van der Waals surface area contributed by atoms with Crippen LogP contribution in [0.25, 0.3) is 0 Å². The van der Waals surface area contributed by atoms with E-state index in [-0.39, 0.29) is 5.97 Å². The van der Waals surface area contributed by atoms with Crippen LogP contribution < -0.4 is 0 Å². The molecule has 0 aliphatic carbocycles. The number of rotatable bonds is 10. The molecule has 0 saturated heterocycles. The van der Waals surface area contributed by atoms with Gasteiger partial charge in [0.05, 0.1) is 17.2 Å². The number of benzene rings is 1. The Hall–Kier alpha value is -1.49. The lowest BCUT2D eigenvalue weighted by Gasteiger charge is -2.10. The molecular weight excluding hydrogens is 373 g/mol. The van der Waals surface area contributed by atoms with E-state index in [1.807, 2.05) is 29.8 Å². The Kier molecular flexibility index (Phi) is 8.49. The monoisotopic (exact) mass is 397 g/mol. The number of unbranched alkanes of at least 4 members (excludes halogenated alkanes) is 1. The molecule has 0 unspecified atom stereocenters. The van der Waals surface area contributed by atoms with Gasteiger partial charge in [0.25, 0.3) is 0 Å². The Labute approximate surface area is 165 Å². The van der Waals surface area contributed by atoms with Crippen LogP contribution in [-0.2, 0) is 29.0 Å². The van der Waals surface area contributed by atoms with Crippen LogP contribution in [0, 0.1) is 0 Å². The van der Waals surface area contributed by atoms with Crippen LogP contribution in [-0.4, -0.2) is 23.8 Å². The predicted octanol–water partition coefficient (Wildman–Crippen LogP) is 5.53. The lowest BCUT2D eigenvalue weighted by atomic mass is 10.0. The molecule has 0 saturated carbocycles. The fraction of sp³-hybridized carbons (Fsp3) is 0.450. The van der Waals surface area contributed by atoms with Crippen molar-refractivity contribution in [2.45, 2.75) is 46.3 Å². The van der Waals surface area contributed by atoms with Gasteiger partial charge in [0, 0.05) is 23.5 Å². The summed E-state index contributed by atoms with van der Waals surface area (Å²) in [6.07, 6.45) is 5.57. The maximum Gasteiger partial charge on any atom is 0.338 e. The van der Waals surface area contributed by atoms with Crippen molar-refractivity contribution in [1.82, 2.24) is 4.57 Å². The molecule has 0 aliphatic rings. The highest BCUT2D eigenvalue weighted by Gasteiger charge is 2.10. The molecule has 6 heteroatoms. The van der Waals surface area contributed by atoms with Gasteiger partial charge in [0.2, 0.25) is 0 Å². The van der Waals surface area contributed by atoms with Crippen LogP contribution in [0.2, 0.25) is 10.0 Å². The first-order valence-electron chi connectivity index (χ1n) is 8.93. The second kappa shape index (κ2) is 10.6. The van der Waals surface area contributed by atoms with E-state index in [9.17, 15) is 4.79 Å². The standard InChI is InChI=1S/C20H25Cl2NO3/c1-3-25-14-23-13-17(21)12-18(23)8-6-5-7-15-11-16(9-10-19(15)22)20(24)26-4-2/h9-13H,3-8,14H2,1-2H3. The zero-order valence-corrected chi connectivity index (χ0v) is 16.8. The van der Waals surface area contributed by atoms with Crippen LogP contribution in [0.15, 0.2) is 30.5 Å². The fourth-order valence-corrected chi connectivity index (χ4v) is 3.22. The van der Waals surface area contributed by atoms with E-state index in [1.165, 1.54) is 0 Å². The summed E-state index contributed by atoms with van der Waals surface area (Å²) in [6.45, 7) is 5.32. The van der Waals surface area contributed by atoms with Crippen molar-refractivity contribution in [1.29, 1.82) is 0 Å². The summed E-state index contributed by atoms with van der Waals surface area (Å²) in [5, 5.41) is 1.41. The second-order valence-corrected chi connectivity index (χ2v) is 6.82. The first-order chi connectivity index (χ1) is 12.5. The summed E-state index contributed by atoms with van der Waals surface area (Å²) in [5.41, 5.74) is 2.68. The minimum atomic E-state index is -0.311. The summed E-state index contributed by atoms with van der Waals surface area (Å²) in [5.74, 6) is -0.311. The molecule has 2 aromatic rings. The Bertz CT molecular complexity index is 728. The van der Waals surface area contributed by atoms with E-state index in [2.05, 4.69) is 0 Å². The van der Waals surface area contributed by atoms with E-state index in [0.717, 1.165) is 42.0 Å². The molecule has 142 valence electrons. The van der Waals surface area contributed by atoms with Gasteiger partial charge in [0.1, 0.15) is 6.73 Å². The number of nitrogens with zero attached hydrogens (tertiary/aromatic N) is 1. The molecular formula is C20H25Cl2NO3. The topological polar surface area (TPSA) is 40.5 Å². The number of carbonyl (C=O) groups excluding carboxylic acids is 1. The molecule has 0 amide bonds. The second-order valence-electron chi connectivity index (χ2n) is 5.98. The molecule has 4 nitrogen and oxygen atoms in total. The SMILES string of the molecule is CCOCn1cc(Cl)cc1CCCCc1cc(C(=O)OCC)ccc1Cl. The summed E-state index contributed by atoms with van der Waals surface area (Å²) >= 11 is 12.4. The third-order valence-corrected chi connectivity index (χ3v) is 4.65. The van der Waals surface area contributed by atoms with Gasteiger partial charge in [-0.3, -0.25) is 0 Å². The molecule has 0 aliphatic heterocycles. The zero-order valence-electron chi connectivity index (χ0n) is 15.3. The molecule has 0 fully saturated rings. The first kappa shape index (κ1) is 20.8. The minimum Gasteiger partial charge on any atom is -0.462 e. The van der Waals surface area contributed by atoms with Crippen molar-refractivity contribution in [2.75, 3.05) is 13.2 Å². The van der Waals surface area contributed by atoms with Gasteiger partial charge in [-0.1, -0.05) is 23.2 Å². The maximum absolute atomic E-state index is 11.9. The summed E-state index contributed by atoms with van der Waals surface area (Å²) < 4.78 is 12.6. The normalized spacial score (nSPS) is 10.9. The van der Waals surface area contributed by atoms with E-state index in [0.29, 0.717) is 30.5 Å². The van der Waals surface area contributed by atoms with Crippen molar-refractivity contribution in [3.8, 4) is 0 Å². The predicted molar refractivity (Wildman–Crippen MR) is 105 cm³/mol. The number of aromatic nitrogens is 1. The van der Waals surface area contributed by atoms with E-state index < -0.39 is 0 Å². The number of carbonyl (C=O) groups is 1. The van der Waals surface area contributed by atoms with Gasteiger partial charge < -0.3 is 14.0 Å². The van der Waals surface area contributed by atoms with Crippen LogP contribution in [0.4, 0.5) is 0 Å². The van der Waals surface area contributed by atoms with Crippen LogP contribution in [0.1, 0.15) is 48.3 Å².